The fourth-order valence-electron chi connectivity index (χ4n) is 4.34. The van der Waals surface area contributed by atoms with Crippen LogP contribution < -0.4 is 9.62 Å². The average molecular weight is 639 g/mol. The Morgan fingerprint density at radius 1 is 0.927 bits per heavy atom. The van der Waals surface area contributed by atoms with E-state index in [-0.39, 0.29) is 23.0 Å². The van der Waals surface area contributed by atoms with Crippen molar-refractivity contribution in [3.8, 4) is 0 Å². The molecule has 1 atom stereocenters. The fourth-order valence-corrected chi connectivity index (χ4v) is 6.47. The number of rotatable bonds is 13. The molecule has 0 bridgehead atoms. The Bertz CT molecular complexity index is 1470. The van der Waals surface area contributed by atoms with Crippen LogP contribution in [0.2, 0.25) is 15.1 Å². The van der Waals surface area contributed by atoms with E-state index in [1.54, 1.807) is 62.4 Å². The second-order valence-electron chi connectivity index (χ2n) is 9.58. The summed E-state index contributed by atoms with van der Waals surface area (Å²) in [5, 5.41) is 3.98. The van der Waals surface area contributed by atoms with Crippen molar-refractivity contribution >= 4 is 62.3 Å². The minimum absolute atomic E-state index is 0.0174. The van der Waals surface area contributed by atoms with Gasteiger partial charge in [0.25, 0.3) is 10.0 Å². The van der Waals surface area contributed by atoms with Crippen molar-refractivity contribution < 1.29 is 18.0 Å². The summed E-state index contributed by atoms with van der Waals surface area (Å²) in [4.78, 5) is 28.8. The summed E-state index contributed by atoms with van der Waals surface area (Å²) in [6.07, 6.45) is 1.98. The molecule has 0 fully saturated rings. The predicted octanol–water partition coefficient (Wildman–Crippen LogP) is 6.87. The van der Waals surface area contributed by atoms with E-state index in [2.05, 4.69) is 5.32 Å². The lowest BCUT2D eigenvalue weighted by atomic mass is 10.1. The minimum Gasteiger partial charge on any atom is -0.354 e. The third kappa shape index (κ3) is 8.38. The fraction of sp³-hybridized carbons (Fsp3) is 0.333. The van der Waals surface area contributed by atoms with Crippen molar-refractivity contribution in [3.63, 3.8) is 0 Å². The number of carbonyl (C=O) groups is 2. The summed E-state index contributed by atoms with van der Waals surface area (Å²) in [5.74, 6) is -0.900. The van der Waals surface area contributed by atoms with Gasteiger partial charge >= 0.3 is 0 Å². The number of nitrogens with zero attached hydrogens (tertiary/aromatic N) is 2. The highest BCUT2D eigenvalue weighted by atomic mass is 35.5. The molecule has 0 heterocycles. The number of benzene rings is 3. The number of carbonyl (C=O) groups excluding carboxylic acids is 2. The molecule has 0 radical (unpaired) electrons. The summed E-state index contributed by atoms with van der Waals surface area (Å²) in [7, 11) is -4.20. The molecule has 1 N–H and O–H groups in total. The van der Waals surface area contributed by atoms with Crippen LogP contribution in [-0.2, 0) is 26.2 Å². The van der Waals surface area contributed by atoms with Crippen LogP contribution in [-0.4, -0.2) is 44.3 Å². The zero-order valence-electron chi connectivity index (χ0n) is 23.2. The second kappa shape index (κ2) is 14.9. The van der Waals surface area contributed by atoms with E-state index in [0.717, 1.165) is 17.1 Å². The molecular weight excluding hydrogens is 605 g/mol. The van der Waals surface area contributed by atoms with Gasteiger partial charge in [-0.3, -0.25) is 13.9 Å². The van der Waals surface area contributed by atoms with Crippen LogP contribution in [0, 0.1) is 6.92 Å². The highest BCUT2D eigenvalue weighted by Crippen LogP contribution is 2.30. The Kier molecular flexibility index (Phi) is 11.9. The molecule has 3 aromatic rings. The number of aryl methyl sites for hydroxylation is 1. The van der Waals surface area contributed by atoms with E-state index in [1.165, 1.54) is 23.1 Å². The monoisotopic (exact) mass is 637 g/mol. The van der Waals surface area contributed by atoms with Gasteiger partial charge in [-0.2, -0.15) is 0 Å². The molecule has 3 aromatic carbocycles. The number of hydrogen-bond acceptors (Lipinski definition) is 4. The third-order valence-corrected chi connectivity index (χ3v) is 9.22. The Morgan fingerprint density at radius 3 is 2.22 bits per heavy atom. The maximum Gasteiger partial charge on any atom is 0.264 e. The molecule has 11 heteroatoms. The predicted molar refractivity (Wildman–Crippen MR) is 166 cm³/mol. The van der Waals surface area contributed by atoms with Gasteiger partial charge in [-0.1, -0.05) is 85.4 Å². The number of halogens is 3. The van der Waals surface area contributed by atoms with Gasteiger partial charge in [-0.05, 0) is 67.3 Å². The zero-order chi connectivity index (χ0) is 30.2. The lowest BCUT2D eigenvalue weighted by Crippen LogP contribution is -2.52. The molecule has 41 heavy (non-hydrogen) atoms. The number of nitrogens with one attached hydrogen (secondary N) is 1. The minimum atomic E-state index is -4.20. The van der Waals surface area contributed by atoms with Crippen molar-refractivity contribution in [2.45, 2.75) is 57.5 Å². The molecule has 220 valence electrons. The first-order valence-corrected chi connectivity index (χ1v) is 15.9. The van der Waals surface area contributed by atoms with Crippen LogP contribution in [0.25, 0.3) is 0 Å². The van der Waals surface area contributed by atoms with E-state index in [4.69, 9.17) is 34.8 Å². The Labute approximate surface area is 257 Å². The summed E-state index contributed by atoms with van der Waals surface area (Å²) in [6.45, 7) is 5.43. The van der Waals surface area contributed by atoms with Crippen molar-refractivity contribution in [1.29, 1.82) is 0 Å². The number of anilines is 1. The lowest BCUT2D eigenvalue weighted by molar-refractivity contribution is -0.140. The second-order valence-corrected chi connectivity index (χ2v) is 12.7. The molecule has 0 spiro atoms. The van der Waals surface area contributed by atoms with Gasteiger partial charge in [-0.25, -0.2) is 8.42 Å². The van der Waals surface area contributed by atoms with Crippen molar-refractivity contribution in [3.05, 3.63) is 92.9 Å². The zero-order valence-corrected chi connectivity index (χ0v) is 26.3. The first-order chi connectivity index (χ1) is 19.5. The quantitative estimate of drug-likeness (QED) is 0.207. The van der Waals surface area contributed by atoms with Crippen LogP contribution >= 0.6 is 34.8 Å². The maximum absolute atomic E-state index is 14.2. The highest BCUT2D eigenvalue weighted by Gasteiger charge is 2.34. The summed E-state index contributed by atoms with van der Waals surface area (Å²) in [6, 6.07) is 16.7. The largest absolute Gasteiger partial charge is 0.354 e. The number of sulfonamides is 1. The molecule has 0 aliphatic rings. The van der Waals surface area contributed by atoms with E-state index >= 15 is 0 Å². The smallest absolute Gasteiger partial charge is 0.264 e. The van der Waals surface area contributed by atoms with E-state index in [1.807, 2.05) is 6.92 Å². The average Bonchev–Trinajstić information content (AvgIpc) is 2.94. The Morgan fingerprint density at radius 2 is 1.59 bits per heavy atom. The molecule has 0 aliphatic carbocycles. The molecule has 7 nitrogen and oxygen atoms in total. The van der Waals surface area contributed by atoms with E-state index in [9.17, 15) is 18.0 Å². The van der Waals surface area contributed by atoms with Crippen LogP contribution in [0.15, 0.2) is 71.6 Å². The van der Waals surface area contributed by atoms with Gasteiger partial charge in [-0.15, -0.1) is 0 Å². The van der Waals surface area contributed by atoms with Gasteiger partial charge in [0.1, 0.15) is 12.6 Å². The molecule has 0 saturated carbocycles. The van der Waals surface area contributed by atoms with Crippen LogP contribution in [0.4, 0.5) is 5.69 Å². The molecule has 0 aromatic heterocycles. The molecule has 2 amide bonds. The van der Waals surface area contributed by atoms with Crippen LogP contribution in [0.5, 0.6) is 0 Å². The Hall–Kier alpha value is -2.78. The lowest BCUT2D eigenvalue weighted by Gasteiger charge is -2.33. The molecular formula is C30H34Cl3N3O4S. The topological polar surface area (TPSA) is 86.8 Å². The highest BCUT2D eigenvalue weighted by molar-refractivity contribution is 7.92. The van der Waals surface area contributed by atoms with Crippen molar-refractivity contribution in [2.75, 3.05) is 17.4 Å². The molecule has 1 unspecified atom stereocenters. The van der Waals surface area contributed by atoms with Gasteiger partial charge in [0.05, 0.1) is 10.6 Å². The normalized spacial score (nSPS) is 12.0. The van der Waals surface area contributed by atoms with E-state index < -0.39 is 28.5 Å². The molecule has 0 saturated heterocycles. The SMILES string of the molecule is CCCCNC(=O)C(CC)N(Cc1ccc(Cl)cc1Cl)C(=O)CN(c1cc(Cl)ccc1C)S(=O)(=O)c1ccccc1. The number of hydrogen-bond donors (Lipinski definition) is 1. The first kappa shape index (κ1) is 32.7. The van der Waals surface area contributed by atoms with Gasteiger partial charge in [0.2, 0.25) is 11.8 Å². The third-order valence-electron chi connectivity index (χ3n) is 6.62. The van der Waals surface area contributed by atoms with Crippen molar-refractivity contribution in [1.82, 2.24) is 10.2 Å². The summed E-state index contributed by atoms with van der Waals surface area (Å²) in [5.41, 5.74) is 1.44. The number of amides is 2. The first-order valence-electron chi connectivity index (χ1n) is 13.3. The molecule has 3 rings (SSSR count). The summed E-state index contributed by atoms with van der Waals surface area (Å²) < 4.78 is 28.9. The van der Waals surface area contributed by atoms with Gasteiger partial charge < -0.3 is 10.2 Å². The van der Waals surface area contributed by atoms with Gasteiger partial charge in [0, 0.05) is 28.2 Å². The van der Waals surface area contributed by atoms with Gasteiger partial charge in [0.15, 0.2) is 0 Å². The van der Waals surface area contributed by atoms with Crippen molar-refractivity contribution in [2.24, 2.45) is 0 Å². The van der Waals surface area contributed by atoms with Crippen LogP contribution in [0.3, 0.4) is 0 Å². The molecule has 0 aliphatic heterocycles. The van der Waals surface area contributed by atoms with E-state index in [0.29, 0.717) is 39.2 Å². The standard InChI is InChI=1S/C30H34Cl3N3O4S/c1-4-6-16-34-30(38)27(5-2)35(19-22-13-15-23(31)17-26(22)33)29(37)20-36(28-18-24(32)14-12-21(28)3)41(39,40)25-10-8-7-9-11-25/h7-15,17-18,27H,4-6,16,19-20H2,1-3H3,(H,34,38). The number of unbranched alkanes of at least 4 members (excludes halogenated alkanes) is 1. The Balaban J connectivity index is 2.09. The van der Waals surface area contributed by atoms with Crippen LogP contribution in [0.1, 0.15) is 44.2 Å². The summed E-state index contributed by atoms with van der Waals surface area (Å²) >= 11 is 18.8. The maximum atomic E-state index is 14.2.